The fourth-order valence-corrected chi connectivity index (χ4v) is 9.46. The van der Waals surface area contributed by atoms with Gasteiger partial charge in [-0.3, -0.25) is 13.8 Å². The number of quaternary nitrogens is 1. The van der Waals surface area contributed by atoms with E-state index in [1.807, 2.05) is 27.2 Å². The second-order valence-electron chi connectivity index (χ2n) is 21.4. The van der Waals surface area contributed by atoms with E-state index in [9.17, 15) is 19.4 Å². The third-order valence-corrected chi connectivity index (χ3v) is 14.3. The van der Waals surface area contributed by atoms with Crippen LogP contribution in [0.3, 0.4) is 0 Å². The molecule has 0 spiro atoms. The molecule has 0 rings (SSSR count). The first-order valence-corrected chi connectivity index (χ1v) is 30.9. The van der Waals surface area contributed by atoms with Crippen molar-refractivity contribution in [1.82, 2.24) is 5.32 Å². The van der Waals surface area contributed by atoms with E-state index in [-0.39, 0.29) is 19.1 Å². The van der Waals surface area contributed by atoms with E-state index >= 15 is 0 Å². The summed E-state index contributed by atoms with van der Waals surface area (Å²) in [4.78, 5) is 23.3. The van der Waals surface area contributed by atoms with Crippen LogP contribution in [0.25, 0.3) is 0 Å². The van der Waals surface area contributed by atoms with Crippen molar-refractivity contribution in [2.24, 2.45) is 0 Å². The molecule has 1 amide bonds. The van der Waals surface area contributed by atoms with Gasteiger partial charge >= 0.3 is 7.82 Å². The standard InChI is InChI=1S/C59H115N2O6P/c1-6-8-10-12-14-16-18-20-22-23-24-25-26-27-28-29-30-31-32-33-34-35-36-37-39-41-43-45-47-49-51-53-59(63)60-57(56-67-68(64,65)66-55-54-61(3,4)5)58(62)52-50-48-46-44-42-40-38-21-19-17-15-13-11-9-7-2/h19,21,42,44,50,52,57-58,62H,6-18,20,22-41,43,45-49,51,53-56H2,1-5H3,(H-,60,63,64,65)/p+1/b21-19+,44-42+,52-50+. The molecule has 0 bridgehead atoms. The highest BCUT2D eigenvalue weighted by Crippen LogP contribution is 2.43. The van der Waals surface area contributed by atoms with Gasteiger partial charge < -0.3 is 19.8 Å². The number of likely N-dealkylation sites (N-methyl/N-ethyl adjacent to an activating group) is 1. The fourth-order valence-electron chi connectivity index (χ4n) is 8.72. The Labute approximate surface area is 423 Å². The molecule has 0 fully saturated rings. The molecule has 0 aliphatic carbocycles. The molecule has 3 unspecified atom stereocenters. The Kier molecular flexibility index (Phi) is 49.7. The van der Waals surface area contributed by atoms with Crippen LogP contribution in [0, 0.1) is 0 Å². The van der Waals surface area contributed by atoms with E-state index in [1.165, 1.54) is 218 Å². The number of rotatable bonds is 54. The van der Waals surface area contributed by atoms with Crippen LogP contribution in [0.4, 0.5) is 0 Å². The molecular formula is C59H116N2O6P+. The first-order chi connectivity index (χ1) is 33.0. The molecule has 3 atom stereocenters. The monoisotopic (exact) mass is 980 g/mol. The predicted octanol–water partition coefficient (Wildman–Crippen LogP) is 17.8. The van der Waals surface area contributed by atoms with Crippen molar-refractivity contribution in [2.75, 3.05) is 40.9 Å². The summed E-state index contributed by atoms with van der Waals surface area (Å²) in [6, 6.07) is -0.867. The van der Waals surface area contributed by atoms with Gasteiger partial charge in [0.05, 0.1) is 39.9 Å². The maximum atomic E-state index is 13.0. The highest BCUT2D eigenvalue weighted by molar-refractivity contribution is 7.47. The Morgan fingerprint density at radius 1 is 0.485 bits per heavy atom. The number of carbonyl (C=O) groups is 1. The van der Waals surface area contributed by atoms with Gasteiger partial charge in [0.1, 0.15) is 13.2 Å². The molecule has 8 nitrogen and oxygen atoms in total. The van der Waals surface area contributed by atoms with Crippen LogP contribution in [-0.4, -0.2) is 73.4 Å². The number of phosphoric ester groups is 1. The van der Waals surface area contributed by atoms with E-state index in [1.54, 1.807) is 6.08 Å². The summed E-state index contributed by atoms with van der Waals surface area (Å²) in [7, 11) is 1.56. The second kappa shape index (κ2) is 50.7. The molecule has 0 saturated carbocycles. The van der Waals surface area contributed by atoms with Crippen molar-refractivity contribution in [3.63, 3.8) is 0 Å². The minimum absolute atomic E-state index is 0.0550. The van der Waals surface area contributed by atoms with E-state index < -0.39 is 20.0 Å². The van der Waals surface area contributed by atoms with Gasteiger partial charge in [0.2, 0.25) is 5.91 Å². The van der Waals surface area contributed by atoms with Gasteiger partial charge in [-0.25, -0.2) is 4.57 Å². The van der Waals surface area contributed by atoms with Crippen LogP contribution < -0.4 is 5.32 Å². The molecule has 0 saturated heterocycles. The summed E-state index contributed by atoms with van der Waals surface area (Å²) in [6.07, 6.45) is 65.6. The van der Waals surface area contributed by atoms with Gasteiger partial charge in [-0.1, -0.05) is 269 Å². The average Bonchev–Trinajstić information content (AvgIpc) is 3.30. The lowest BCUT2D eigenvalue weighted by Crippen LogP contribution is -2.45. The number of allylic oxidation sites excluding steroid dienone is 5. The summed E-state index contributed by atoms with van der Waals surface area (Å²) in [5.74, 6) is -0.186. The number of aliphatic hydroxyl groups is 1. The predicted molar refractivity (Wildman–Crippen MR) is 295 cm³/mol. The smallest absolute Gasteiger partial charge is 0.387 e. The average molecular weight is 981 g/mol. The van der Waals surface area contributed by atoms with Gasteiger partial charge in [-0.05, 0) is 44.9 Å². The normalized spacial score (nSPS) is 14.2. The number of carbonyl (C=O) groups excluding carboxylic acids is 1. The topological polar surface area (TPSA) is 105 Å². The third kappa shape index (κ3) is 52.5. The highest BCUT2D eigenvalue weighted by Gasteiger charge is 2.27. The van der Waals surface area contributed by atoms with E-state index in [4.69, 9.17) is 9.05 Å². The van der Waals surface area contributed by atoms with Crippen LogP contribution in [-0.2, 0) is 18.4 Å². The van der Waals surface area contributed by atoms with Gasteiger partial charge in [-0.15, -0.1) is 0 Å². The molecule has 9 heteroatoms. The molecule has 0 aromatic heterocycles. The fraction of sp³-hybridized carbons (Fsp3) is 0.881. The maximum Gasteiger partial charge on any atom is 0.472 e. The zero-order chi connectivity index (χ0) is 49.9. The van der Waals surface area contributed by atoms with Crippen molar-refractivity contribution in [1.29, 1.82) is 0 Å². The van der Waals surface area contributed by atoms with Crippen LogP contribution in [0.1, 0.15) is 284 Å². The van der Waals surface area contributed by atoms with Crippen molar-refractivity contribution in [3.8, 4) is 0 Å². The van der Waals surface area contributed by atoms with Crippen molar-refractivity contribution in [2.45, 2.75) is 296 Å². The van der Waals surface area contributed by atoms with Gasteiger partial charge in [0.15, 0.2) is 0 Å². The number of unbranched alkanes of at least 4 members (excludes halogenated alkanes) is 37. The summed E-state index contributed by atoms with van der Waals surface area (Å²) >= 11 is 0. The quantitative estimate of drug-likeness (QED) is 0.0243. The number of nitrogens with one attached hydrogen (secondary N) is 1. The lowest BCUT2D eigenvalue weighted by Gasteiger charge is -2.25. The Balaban J connectivity index is 4.06. The molecule has 0 aromatic carbocycles. The van der Waals surface area contributed by atoms with E-state index in [2.05, 4.69) is 43.5 Å². The number of hydrogen-bond acceptors (Lipinski definition) is 5. The zero-order valence-electron chi connectivity index (χ0n) is 45.9. The largest absolute Gasteiger partial charge is 0.472 e. The van der Waals surface area contributed by atoms with E-state index in [0.717, 1.165) is 44.9 Å². The molecule has 0 aliphatic rings. The molecule has 402 valence electrons. The molecule has 0 aliphatic heterocycles. The van der Waals surface area contributed by atoms with Crippen LogP contribution in [0.2, 0.25) is 0 Å². The summed E-state index contributed by atoms with van der Waals surface area (Å²) in [6.45, 7) is 4.80. The maximum absolute atomic E-state index is 13.0. The lowest BCUT2D eigenvalue weighted by atomic mass is 10.0. The van der Waals surface area contributed by atoms with Gasteiger partial charge in [0.25, 0.3) is 0 Å². The Hall–Kier alpha value is -1.28. The molecule has 0 heterocycles. The number of hydrogen-bond donors (Lipinski definition) is 3. The number of phosphoric acid groups is 1. The van der Waals surface area contributed by atoms with Crippen LogP contribution in [0.5, 0.6) is 0 Å². The van der Waals surface area contributed by atoms with Crippen LogP contribution in [0.15, 0.2) is 36.5 Å². The minimum atomic E-state index is -4.35. The number of nitrogens with zero attached hydrogens (tertiary/aromatic N) is 1. The Morgan fingerprint density at radius 2 is 0.809 bits per heavy atom. The van der Waals surface area contributed by atoms with Gasteiger partial charge in [-0.2, -0.15) is 0 Å². The Morgan fingerprint density at radius 3 is 1.18 bits per heavy atom. The molecule has 0 radical (unpaired) electrons. The zero-order valence-corrected chi connectivity index (χ0v) is 46.8. The van der Waals surface area contributed by atoms with Crippen molar-refractivity contribution in [3.05, 3.63) is 36.5 Å². The first kappa shape index (κ1) is 66.7. The molecular weight excluding hydrogens is 864 g/mol. The first-order valence-electron chi connectivity index (χ1n) is 29.4. The lowest BCUT2D eigenvalue weighted by molar-refractivity contribution is -0.870. The molecule has 3 N–H and O–H groups in total. The molecule has 68 heavy (non-hydrogen) atoms. The van der Waals surface area contributed by atoms with E-state index in [0.29, 0.717) is 17.4 Å². The Bertz CT molecular complexity index is 1200. The third-order valence-electron chi connectivity index (χ3n) is 13.3. The van der Waals surface area contributed by atoms with Crippen LogP contribution >= 0.6 is 7.82 Å². The summed E-state index contributed by atoms with van der Waals surface area (Å²) < 4.78 is 23.7. The number of amides is 1. The SMILES string of the molecule is CCCCCCC/C=C/CC/C=C/CC/C=C/C(O)C(COP(=O)(O)OCC[N+](C)(C)C)NC(=O)CCCCCCCCCCCCCCCCCCCCCCCCCCCCCCCCC. The second-order valence-corrected chi connectivity index (χ2v) is 22.8. The minimum Gasteiger partial charge on any atom is -0.387 e. The number of aliphatic hydroxyl groups excluding tert-OH is 1. The van der Waals surface area contributed by atoms with Gasteiger partial charge in [0, 0.05) is 6.42 Å². The summed E-state index contributed by atoms with van der Waals surface area (Å²) in [5.41, 5.74) is 0. The summed E-state index contributed by atoms with van der Waals surface area (Å²) in [5, 5.41) is 13.9. The highest BCUT2D eigenvalue weighted by atomic mass is 31.2. The van der Waals surface area contributed by atoms with Crippen molar-refractivity contribution < 1.29 is 32.9 Å². The van der Waals surface area contributed by atoms with Crippen molar-refractivity contribution >= 4 is 13.7 Å². The molecule has 0 aromatic rings.